The maximum atomic E-state index is 11.3. The molecule has 0 fully saturated rings. The number of benzene rings is 1. The van der Waals surface area contributed by atoms with Gasteiger partial charge in [-0.1, -0.05) is 13.0 Å². The molecule has 0 aliphatic carbocycles. The Hall–Kier alpha value is -1.05. The van der Waals surface area contributed by atoms with Gasteiger partial charge >= 0.3 is 5.69 Å². The second kappa shape index (κ2) is 6.60. The minimum atomic E-state index is -0.207. The summed E-state index contributed by atoms with van der Waals surface area (Å²) in [5.41, 5.74) is 1.01. The van der Waals surface area contributed by atoms with Crippen molar-refractivity contribution in [2.45, 2.75) is 29.9 Å². The van der Waals surface area contributed by atoms with Crippen LogP contribution in [-0.4, -0.2) is 21.3 Å². The Morgan fingerprint density at radius 1 is 1.55 bits per heavy atom. The van der Waals surface area contributed by atoms with E-state index in [4.69, 9.17) is 0 Å². The van der Waals surface area contributed by atoms with Crippen LogP contribution in [0, 0.1) is 0 Å². The number of hydrogen-bond donors (Lipinski definition) is 2. The standard InChI is InChI=1S/C13H17BrN4OS/c1-4-15-8(2)9-5-6-11(10(14)7-9)20-13-17-16-12(19)18(13)3/h5-8,15H,4H2,1-3H3,(H,16,19). The number of halogens is 1. The van der Waals surface area contributed by atoms with Crippen LogP contribution in [0.25, 0.3) is 0 Å². The number of rotatable bonds is 5. The second-order valence-electron chi connectivity index (χ2n) is 4.44. The maximum absolute atomic E-state index is 11.3. The topological polar surface area (TPSA) is 62.7 Å². The third kappa shape index (κ3) is 3.34. The molecule has 1 aromatic carbocycles. The van der Waals surface area contributed by atoms with Crippen LogP contribution in [0.4, 0.5) is 0 Å². The largest absolute Gasteiger partial charge is 0.343 e. The van der Waals surface area contributed by atoms with Crippen molar-refractivity contribution in [3.63, 3.8) is 0 Å². The molecule has 0 aliphatic heterocycles. The Morgan fingerprint density at radius 3 is 2.85 bits per heavy atom. The van der Waals surface area contributed by atoms with Gasteiger partial charge in [-0.2, -0.15) is 0 Å². The van der Waals surface area contributed by atoms with Crippen molar-refractivity contribution in [2.75, 3.05) is 6.54 Å². The highest BCUT2D eigenvalue weighted by molar-refractivity contribution is 9.10. The predicted octanol–water partition coefficient (Wildman–Crippen LogP) is 2.69. The number of nitrogens with one attached hydrogen (secondary N) is 2. The molecular weight excluding hydrogens is 340 g/mol. The highest BCUT2D eigenvalue weighted by Gasteiger charge is 2.11. The lowest BCUT2D eigenvalue weighted by Crippen LogP contribution is -2.17. The summed E-state index contributed by atoms with van der Waals surface area (Å²) >= 11 is 5.03. The Balaban J connectivity index is 2.22. The van der Waals surface area contributed by atoms with E-state index in [0.717, 1.165) is 15.9 Å². The first-order chi connectivity index (χ1) is 9.52. The van der Waals surface area contributed by atoms with Crippen molar-refractivity contribution in [3.8, 4) is 0 Å². The van der Waals surface area contributed by atoms with Crippen LogP contribution in [0.5, 0.6) is 0 Å². The summed E-state index contributed by atoms with van der Waals surface area (Å²) in [5, 5.41) is 10.5. The van der Waals surface area contributed by atoms with E-state index in [0.29, 0.717) is 11.2 Å². The van der Waals surface area contributed by atoms with Gasteiger partial charge in [0.25, 0.3) is 0 Å². The van der Waals surface area contributed by atoms with E-state index in [1.807, 2.05) is 6.07 Å². The quantitative estimate of drug-likeness (QED) is 0.864. The van der Waals surface area contributed by atoms with Crippen molar-refractivity contribution in [3.05, 3.63) is 38.7 Å². The van der Waals surface area contributed by atoms with Gasteiger partial charge in [0.05, 0.1) is 0 Å². The number of nitrogens with zero attached hydrogens (tertiary/aromatic N) is 2. The number of aromatic amines is 1. The van der Waals surface area contributed by atoms with Gasteiger partial charge in [-0.05, 0) is 58.9 Å². The molecule has 5 nitrogen and oxygen atoms in total. The average molecular weight is 357 g/mol. The molecule has 0 saturated carbocycles. The van der Waals surface area contributed by atoms with Gasteiger partial charge < -0.3 is 5.32 Å². The Labute approximate surface area is 130 Å². The average Bonchev–Trinajstić information content (AvgIpc) is 2.73. The highest BCUT2D eigenvalue weighted by atomic mass is 79.9. The molecule has 1 heterocycles. The van der Waals surface area contributed by atoms with Crippen LogP contribution >= 0.6 is 27.7 Å². The van der Waals surface area contributed by atoms with Crippen molar-refractivity contribution in [2.24, 2.45) is 7.05 Å². The fourth-order valence-corrected chi connectivity index (χ4v) is 3.26. The summed E-state index contributed by atoms with van der Waals surface area (Å²) in [6, 6.07) is 6.54. The molecule has 0 amide bonds. The minimum Gasteiger partial charge on any atom is -0.310 e. The summed E-state index contributed by atoms with van der Waals surface area (Å²) in [6.45, 7) is 5.16. The van der Waals surface area contributed by atoms with Crippen molar-refractivity contribution in [1.29, 1.82) is 0 Å². The molecule has 2 rings (SSSR count). The van der Waals surface area contributed by atoms with E-state index in [2.05, 4.69) is 57.4 Å². The molecule has 1 aromatic heterocycles. The molecule has 2 aromatic rings. The van der Waals surface area contributed by atoms with Gasteiger partial charge in [0.15, 0.2) is 5.16 Å². The molecule has 7 heteroatoms. The van der Waals surface area contributed by atoms with E-state index in [9.17, 15) is 4.79 Å². The zero-order valence-electron chi connectivity index (χ0n) is 11.6. The van der Waals surface area contributed by atoms with E-state index >= 15 is 0 Å². The summed E-state index contributed by atoms with van der Waals surface area (Å²) in [5.74, 6) is 0. The summed E-state index contributed by atoms with van der Waals surface area (Å²) in [4.78, 5) is 12.4. The molecular formula is C13H17BrN4OS. The molecule has 0 spiro atoms. The lowest BCUT2D eigenvalue weighted by molar-refractivity contribution is 0.597. The van der Waals surface area contributed by atoms with Gasteiger partial charge in [-0.3, -0.25) is 4.57 Å². The van der Waals surface area contributed by atoms with Gasteiger partial charge in [0.2, 0.25) is 0 Å². The van der Waals surface area contributed by atoms with Crippen LogP contribution in [0.3, 0.4) is 0 Å². The summed E-state index contributed by atoms with van der Waals surface area (Å²) in [7, 11) is 1.70. The van der Waals surface area contributed by atoms with Crippen LogP contribution in [0.2, 0.25) is 0 Å². The van der Waals surface area contributed by atoms with Gasteiger partial charge in [0.1, 0.15) is 0 Å². The zero-order chi connectivity index (χ0) is 14.7. The Bertz CT molecular complexity index is 652. The fourth-order valence-electron chi connectivity index (χ4n) is 1.82. The predicted molar refractivity (Wildman–Crippen MR) is 84.2 cm³/mol. The van der Waals surface area contributed by atoms with Crippen LogP contribution in [0.15, 0.2) is 37.5 Å². The van der Waals surface area contributed by atoms with E-state index in [1.165, 1.54) is 21.9 Å². The maximum Gasteiger partial charge on any atom is 0.343 e. The minimum absolute atomic E-state index is 0.207. The Morgan fingerprint density at radius 2 is 2.30 bits per heavy atom. The first-order valence-corrected chi connectivity index (χ1v) is 7.96. The van der Waals surface area contributed by atoms with Crippen LogP contribution in [0.1, 0.15) is 25.5 Å². The molecule has 20 heavy (non-hydrogen) atoms. The first-order valence-electron chi connectivity index (χ1n) is 6.35. The molecule has 1 unspecified atom stereocenters. The normalized spacial score (nSPS) is 12.6. The monoisotopic (exact) mass is 356 g/mol. The van der Waals surface area contributed by atoms with Gasteiger partial charge in [0, 0.05) is 22.5 Å². The second-order valence-corrected chi connectivity index (χ2v) is 6.31. The van der Waals surface area contributed by atoms with E-state index < -0.39 is 0 Å². The third-order valence-corrected chi connectivity index (χ3v) is 5.05. The number of H-pyrrole nitrogens is 1. The molecule has 1 atom stereocenters. The van der Waals surface area contributed by atoms with E-state index in [1.54, 1.807) is 7.05 Å². The lowest BCUT2D eigenvalue weighted by Gasteiger charge is -2.14. The SMILES string of the molecule is CCNC(C)c1ccc(Sc2n[nH]c(=O)n2C)c(Br)c1. The summed E-state index contributed by atoms with van der Waals surface area (Å²) in [6.07, 6.45) is 0. The number of hydrogen-bond acceptors (Lipinski definition) is 4. The van der Waals surface area contributed by atoms with Crippen LogP contribution < -0.4 is 11.0 Å². The lowest BCUT2D eigenvalue weighted by atomic mass is 10.1. The summed E-state index contributed by atoms with van der Waals surface area (Å²) < 4.78 is 2.49. The zero-order valence-corrected chi connectivity index (χ0v) is 14.0. The molecule has 0 aliphatic rings. The molecule has 0 saturated heterocycles. The van der Waals surface area contributed by atoms with Gasteiger partial charge in [-0.15, -0.1) is 5.10 Å². The first kappa shape index (κ1) is 15.3. The molecule has 2 N–H and O–H groups in total. The van der Waals surface area contributed by atoms with Crippen molar-refractivity contribution < 1.29 is 0 Å². The van der Waals surface area contributed by atoms with E-state index in [-0.39, 0.29) is 5.69 Å². The molecule has 0 radical (unpaired) electrons. The van der Waals surface area contributed by atoms with Crippen molar-refractivity contribution in [1.82, 2.24) is 20.1 Å². The number of aromatic nitrogens is 3. The van der Waals surface area contributed by atoms with Gasteiger partial charge in [-0.25, -0.2) is 9.89 Å². The molecule has 108 valence electrons. The fraction of sp³-hybridized carbons (Fsp3) is 0.385. The smallest absolute Gasteiger partial charge is 0.310 e. The molecule has 0 bridgehead atoms. The van der Waals surface area contributed by atoms with Crippen molar-refractivity contribution >= 4 is 27.7 Å². The highest BCUT2D eigenvalue weighted by Crippen LogP contribution is 2.33. The third-order valence-electron chi connectivity index (χ3n) is 3.01. The Kier molecular flexibility index (Phi) is 5.06. The van der Waals surface area contributed by atoms with Crippen LogP contribution in [-0.2, 0) is 7.05 Å².